The van der Waals surface area contributed by atoms with E-state index in [4.69, 9.17) is 9.16 Å². The van der Waals surface area contributed by atoms with Gasteiger partial charge in [-0.05, 0) is 94.4 Å². The Morgan fingerprint density at radius 1 is 1.02 bits per heavy atom. The number of aromatic nitrogens is 2. The van der Waals surface area contributed by atoms with Crippen molar-refractivity contribution >= 4 is 20.3 Å². The SMILES string of the molecule is Cc1cc(CN(C)C(=O)c2ccc(CC3CCC(C(O[Si](C)(C)C(C)(C)C)c4ccccc4)N3C(=O)OC(C)(C)C)cc2)n[nH]1. The molecule has 1 aliphatic rings. The number of carbonyl (C=O) groups is 2. The van der Waals surface area contributed by atoms with Gasteiger partial charge in [-0.3, -0.25) is 14.8 Å². The number of hydrogen-bond acceptors (Lipinski definition) is 5. The monoisotopic (exact) mass is 632 g/mol. The molecule has 0 radical (unpaired) electrons. The molecule has 244 valence electrons. The van der Waals surface area contributed by atoms with Gasteiger partial charge in [-0.1, -0.05) is 63.2 Å². The summed E-state index contributed by atoms with van der Waals surface area (Å²) >= 11 is 0. The smallest absolute Gasteiger partial charge is 0.410 e. The van der Waals surface area contributed by atoms with Crippen molar-refractivity contribution in [2.75, 3.05) is 7.05 Å². The molecule has 1 saturated heterocycles. The zero-order chi connectivity index (χ0) is 33.2. The van der Waals surface area contributed by atoms with E-state index in [2.05, 4.69) is 56.2 Å². The molecule has 45 heavy (non-hydrogen) atoms. The lowest BCUT2D eigenvalue weighted by atomic mass is 10.0. The van der Waals surface area contributed by atoms with Crippen molar-refractivity contribution in [3.63, 3.8) is 0 Å². The van der Waals surface area contributed by atoms with E-state index in [1.165, 1.54) is 0 Å². The first-order chi connectivity index (χ1) is 20.9. The molecule has 0 spiro atoms. The van der Waals surface area contributed by atoms with Gasteiger partial charge in [0.15, 0.2) is 8.32 Å². The van der Waals surface area contributed by atoms with Crippen LogP contribution < -0.4 is 0 Å². The van der Waals surface area contributed by atoms with Gasteiger partial charge in [0.25, 0.3) is 5.91 Å². The molecular weight excluding hydrogens is 581 g/mol. The van der Waals surface area contributed by atoms with Gasteiger partial charge in [-0.15, -0.1) is 0 Å². The molecule has 3 unspecified atom stereocenters. The summed E-state index contributed by atoms with van der Waals surface area (Å²) in [5.74, 6) is -0.0630. The topological polar surface area (TPSA) is 87.8 Å². The number of rotatable bonds is 9. The van der Waals surface area contributed by atoms with Crippen LogP contribution in [0.25, 0.3) is 0 Å². The number of amides is 2. The van der Waals surface area contributed by atoms with Crippen LogP contribution in [0.2, 0.25) is 18.1 Å². The largest absolute Gasteiger partial charge is 0.444 e. The van der Waals surface area contributed by atoms with Gasteiger partial charge in [0.1, 0.15) is 5.60 Å². The minimum absolute atomic E-state index is 0.0130. The Morgan fingerprint density at radius 3 is 2.22 bits per heavy atom. The molecule has 2 heterocycles. The second-order valence-corrected chi connectivity index (χ2v) is 19.8. The van der Waals surface area contributed by atoms with Crippen LogP contribution in [0.1, 0.15) is 93.4 Å². The molecule has 9 heteroatoms. The van der Waals surface area contributed by atoms with Gasteiger partial charge in [-0.25, -0.2) is 4.79 Å². The normalized spacial score (nSPS) is 18.1. The third kappa shape index (κ3) is 8.64. The number of benzene rings is 2. The Kier molecular flexibility index (Phi) is 10.3. The van der Waals surface area contributed by atoms with Gasteiger partial charge in [0.05, 0.1) is 24.4 Å². The molecule has 1 N–H and O–H groups in total. The highest BCUT2D eigenvalue weighted by Gasteiger charge is 2.47. The molecule has 0 saturated carbocycles. The van der Waals surface area contributed by atoms with Gasteiger partial charge in [-0.2, -0.15) is 5.10 Å². The molecule has 8 nitrogen and oxygen atoms in total. The van der Waals surface area contributed by atoms with Crippen LogP contribution in [0.15, 0.2) is 60.7 Å². The van der Waals surface area contributed by atoms with Gasteiger partial charge in [0.2, 0.25) is 0 Å². The molecule has 2 amide bonds. The number of likely N-dealkylation sites (tertiary alicyclic amines) is 1. The number of nitrogens with one attached hydrogen (secondary N) is 1. The lowest BCUT2D eigenvalue weighted by Gasteiger charge is -2.43. The van der Waals surface area contributed by atoms with E-state index in [0.717, 1.165) is 35.4 Å². The summed E-state index contributed by atoms with van der Waals surface area (Å²) in [4.78, 5) is 30.7. The fourth-order valence-corrected chi connectivity index (χ4v) is 6.94. The average Bonchev–Trinajstić information content (AvgIpc) is 3.56. The summed E-state index contributed by atoms with van der Waals surface area (Å²) in [7, 11) is -0.412. The van der Waals surface area contributed by atoms with Gasteiger partial charge < -0.3 is 14.1 Å². The van der Waals surface area contributed by atoms with E-state index in [1.807, 2.05) is 81.1 Å². The van der Waals surface area contributed by atoms with Crippen LogP contribution in [-0.4, -0.2) is 65.0 Å². The number of H-pyrrole nitrogens is 1. The molecule has 3 aromatic rings. The molecule has 0 aliphatic carbocycles. The Balaban J connectivity index is 1.58. The van der Waals surface area contributed by atoms with E-state index in [9.17, 15) is 9.59 Å². The first-order valence-corrected chi connectivity index (χ1v) is 19.0. The van der Waals surface area contributed by atoms with Gasteiger partial charge >= 0.3 is 6.09 Å². The highest BCUT2D eigenvalue weighted by atomic mass is 28.4. The number of nitrogens with zero attached hydrogens (tertiary/aromatic N) is 3. The maximum Gasteiger partial charge on any atom is 0.410 e. The van der Waals surface area contributed by atoms with Crippen LogP contribution in [-0.2, 0) is 22.1 Å². The van der Waals surface area contributed by atoms with E-state index < -0.39 is 13.9 Å². The maximum absolute atomic E-state index is 13.9. The molecule has 1 fully saturated rings. The third-order valence-electron chi connectivity index (χ3n) is 9.03. The van der Waals surface area contributed by atoms with Crippen LogP contribution >= 0.6 is 0 Å². The first-order valence-electron chi connectivity index (χ1n) is 16.0. The lowest BCUT2D eigenvalue weighted by molar-refractivity contribution is -0.00239. The molecule has 1 aromatic heterocycles. The van der Waals surface area contributed by atoms with Crippen molar-refractivity contribution in [3.8, 4) is 0 Å². The highest BCUT2D eigenvalue weighted by Crippen LogP contribution is 2.44. The number of carbonyl (C=O) groups excluding carboxylic acids is 2. The second kappa shape index (κ2) is 13.5. The Labute approximate surface area is 270 Å². The molecule has 1 aliphatic heterocycles. The maximum atomic E-state index is 13.9. The van der Waals surface area contributed by atoms with E-state index >= 15 is 0 Å². The summed E-state index contributed by atoms with van der Waals surface area (Å²) in [5.41, 5.74) is 3.93. The summed E-state index contributed by atoms with van der Waals surface area (Å²) in [6.45, 7) is 19.4. The summed E-state index contributed by atoms with van der Waals surface area (Å²) < 4.78 is 13.1. The average molecular weight is 633 g/mol. The van der Waals surface area contributed by atoms with Crippen molar-refractivity contribution < 1.29 is 18.8 Å². The van der Waals surface area contributed by atoms with Crippen LogP contribution in [0.4, 0.5) is 4.79 Å². The molecule has 4 rings (SSSR count). The fourth-order valence-electron chi connectivity index (χ4n) is 5.66. The van der Waals surface area contributed by atoms with Crippen LogP contribution in [0, 0.1) is 6.92 Å². The van der Waals surface area contributed by atoms with Crippen molar-refractivity contribution in [2.45, 2.75) is 116 Å². The van der Waals surface area contributed by atoms with E-state index in [0.29, 0.717) is 18.5 Å². The van der Waals surface area contributed by atoms with E-state index in [-0.39, 0.29) is 35.2 Å². The summed E-state index contributed by atoms with van der Waals surface area (Å²) in [5, 5.41) is 7.18. The highest BCUT2D eigenvalue weighted by molar-refractivity contribution is 6.74. The zero-order valence-corrected chi connectivity index (χ0v) is 29.8. The summed E-state index contributed by atoms with van der Waals surface area (Å²) in [6.07, 6.45) is 1.73. The van der Waals surface area contributed by atoms with Gasteiger partial charge in [0, 0.05) is 24.3 Å². The molecular formula is C36H52N4O4Si. The standard InChI is InChI=1S/C36H52N4O4Si/c1-25-22-29(38-37-25)24-39(8)33(41)28-18-16-26(17-19-28)23-30-20-21-31(40(30)34(42)43-35(2,3)4)32(27-14-12-11-13-15-27)44-45(9,10)36(5,6)7/h11-19,22,30-32H,20-21,23-24H2,1-10H3,(H,37,38). The van der Waals surface area contributed by atoms with Crippen molar-refractivity contribution in [1.82, 2.24) is 20.0 Å². The van der Waals surface area contributed by atoms with Crippen LogP contribution in [0.3, 0.4) is 0 Å². The summed E-state index contributed by atoms with van der Waals surface area (Å²) in [6, 6.07) is 19.8. The second-order valence-electron chi connectivity index (χ2n) is 15.0. The molecule has 0 bridgehead atoms. The third-order valence-corrected chi connectivity index (χ3v) is 13.5. The Bertz CT molecular complexity index is 1440. The minimum atomic E-state index is -2.20. The van der Waals surface area contributed by atoms with Crippen molar-refractivity contribution in [2.24, 2.45) is 0 Å². The number of hydrogen-bond donors (Lipinski definition) is 1. The Hall–Kier alpha value is -3.43. The first kappa shape index (κ1) is 34.4. The predicted octanol–water partition coefficient (Wildman–Crippen LogP) is 8.06. The quantitative estimate of drug-likeness (QED) is 0.241. The van der Waals surface area contributed by atoms with Crippen molar-refractivity contribution in [3.05, 3.63) is 88.7 Å². The number of ether oxygens (including phenoxy) is 1. The minimum Gasteiger partial charge on any atom is -0.444 e. The number of aromatic amines is 1. The lowest BCUT2D eigenvalue weighted by Crippen LogP contribution is -2.50. The number of aryl methyl sites for hydroxylation is 1. The van der Waals surface area contributed by atoms with Crippen LogP contribution in [0.5, 0.6) is 0 Å². The van der Waals surface area contributed by atoms with E-state index in [1.54, 1.807) is 11.9 Å². The zero-order valence-electron chi connectivity index (χ0n) is 28.8. The fraction of sp³-hybridized carbons (Fsp3) is 0.528. The Morgan fingerprint density at radius 2 is 1.67 bits per heavy atom. The predicted molar refractivity (Wildman–Crippen MR) is 182 cm³/mol. The van der Waals surface area contributed by atoms with Crippen molar-refractivity contribution in [1.29, 1.82) is 0 Å². The molecule has 2 aromatic carbocycles. The molecule has 3 atom stereocenters.